The first-order chi connectivity index (χ1) is 9.52. The third-order valence-electron chi connectivity index (χ3n) is 3.19. The lowest BCUT2D eigenvalue weighted by Crippen LogP contribution is -2.08. The van der Waals surface area contributed by atoms with Crippen LogP contribution < -0.4 is 5.32 Å². The molecule has 0 radical (unpaired) electrons. The molecule has 20 heavy (non-hydrogen) atoms. The molecule has 3 aromatic heterocycles. The van der Waals surface area contributed by atoms with E-state index >= 15 is 0 Å². The van der Waals surface area contributed by atoms with Crippen molar-refractivity contribution in [2.45, 2.75) is 26.8 Å². The molecule has 0 fully saturated rings. The molecular weight excluding hydrogens is 259 g/mol. The first-order valence-corrected chi connectivity index (χ1v) is 6.38. The Labute approximate surface area is 115 Å². The molecule has 0 bridgehead atoms. The highest BCUT2D eigenvalue weighted by Crippen LogP contribution is 2.23. The van der Waals surface area contributed by atoms with Gasteiger partial charge in [0, 0.05) is 5.56 Å². The van der Waals surface area contributed by atoms with E-state index in [0.717, 1.165) is 17.1 Å². The molecule has 104 valence electrons. The number of hydrogen-bond acceptors (Lipinski definition) is 4. The van der Waals surface area contributed by atoms with E-state index in [1.165, 1.54) is 16.8 Å². The van der Waals surface area contributed by atoms with Crippen LogP contribution in [0.3, 0.4) is 0 Å². The minimum atomic E-state index is -0.344. The van der Waals surface area contributed by atoms with Crippen LogP contribution in [0.5, 0.6) is 0 Å². The lowest BCUT2D eigenvalue weighted by atomic mass is 10.1. The van der Waals surface area contributed by atoms with E-state index in [2.05, 4.69) is 15.4 Å². The Morgan fingerprint density at radius 2 is 2.15 bits per heavy atom. The van der Waals surface area contributed by atoms with Crippen LogP contribution in [0.1, 0.15) is 30.0 Å². The topological polar surface area (TPSA) is 55.4 Å². The molecule has 0 aliphatic carbocycles. The van der Waals surface area contributed by atoms with Gasteiger partial charge in [0.05, 0.1) is 12.2 Å². The predicted molar refractivity (Wildman–Crippen MR) is 73.2 cm³/mol. The summed E-state index contributed by atoms with van der Waals surface area (Å²) in [5, 5.41) is 7.40. The van der Waals surface area contributed by atoms with E-state index < -0.39 is 0 Å². The number of nitrogens with zero attached hydrogens (tertiary/aromatic N) is 3. The number of aryl methyl sites for hydroxylation is 2. The Bertz CT molecular complexity index is 762. The van der Waals surface area contributed by atoms with E-state index in [9.17, 15) is 4.39 Å². The third-order valence-corrected chi connectivity index (χ3v) is 3.19. The summed E-state index contributed by atoms with van der Waals surface area (Å²) < 4.78 is 20.0. The first kappa shape index (κ1) is 12.7. The van der Waals surface area contributed by atoms with Crippen molar-refractivity contribution in [2.24, 2.45) is 0 Å². The van der Waals surface area contributed by atoms with Gasteiger partial charge >= 0.3 is 0 Å². The maximum absolute atomic E-state index is 13.1. The van der Waals surface area contributed by atoms with Crippen LogP contribution in [0.25, 0.3) is 5.65 Å². The number of anilines is 1. The summed E-state index contributed by atoms with van der Waals surface area (Å²) in [5.74, 6) is 1.86. The van der Waals surface area contributed by atoms with Gasteiger partial charge in [-0.05, 0) is 39.0 Å². The standard InChI is InChI=1S/C14H15FN4O/c1-8-6-12(10(3)20-8)9(2)16-14-17-13-5-4-11(15)7-19(13)18-14/h4-7,9H,1-3H3,(H,16,18). The van der Waals surface area contributed by atoms with Gasteiger partial charge < -0.3 is 9.73 Å². The van der Waals surface area contributed by atoms with Gasteiger partial charge in [0.2, 0.25) is 5.95 Å². The molecule has 5 nitrogen and oxygen atoms in total. The smallest absolute Gasteiger partial charge is 0.243 e. The van der Waals surface area contributed by atoms with Crippen molar-refractivity contribution >= 4 is 11.6 Å². The largest absolute Gasteiger partial charge is 0.466 e. The Balaban J connectivity index is 1.87. The molecule has 0 saturated carbocycles. The van der Waals surface area contributed by atoms with Gasteiger partial charge in [-0.3, -0.25) is 0 Å². The molecular formula is C14H15FN4O. The van der Waals surface area contributed by atoms with Gasteiger partial charge in [-0.25, -0.2) is 8.91 Å². The van der Waals surface area contributed by atoms with Gasteiger partial charge in [0.15, 0.2) is 5.65 Å². The van der Waals surface area contributed by atoms with E-state index in [1.807, 2.05) is 26.8 Å². The molecule has 0 saturated heterocycles. The van der Waals surface area contributed by atoms with Crippen molar-refractivity contribution in [3.63, 3.8) is 0 Å². The number of furan rings is 1. The molecule has 0 aliphatic heterocycles. The van der Waals surface area contributed by atoms with Crippen LogP contribution in [-0.4, -0.2) is 14.6 Å². The average molecular weight is 274 g/mol. The van der Waals surface area contributed by atoms with E-state index in [0.29, 0.717) is 11.6 Å². The van der Waals surface area contributed by atoms with Crippen LogP contribution in [-0.2, 0) is 0 Å². The zero-order valence-corrected chi connectivity index (χ0v) is 11.5. The number of halogens is 1. The van der Waals surface area contributed by atoms with Crippen LogP contribution >= 0.6 is 0 Å². The van der Waals surface area contributed by atoms with Gasteiger partial charge in [0.1, 0.15) is 17.3 Å². The Morgan fingerprint density at radius 3 is 2.85 bits per heavy atom. The summed E-state index contributed by atoms with van der Waals surface area (Å²) in [5.41, 5.74) is 1.66. The molecule has 0 amide bonds. The summed E-state index contributed by atoms with van der Waals surface area (Å²) in [6.45, 7) is 5.84. The minimum Gasteiger partial charge on any atom is -0.466 e. The Hall–Kier alpha value is -2.37. The summed E-state index contributed by atoms with van der Waals surface area (Å²) in [6.07, 6.45) is 1.30. The van der Waals surface area contributed by atoms with Crippen LogP contribution in [0.15, 0.2) is 28.8 Å². The van der Waals surface area contributed by atoms with Crippen molar-refractivity contribution in [1.82, 2.24) is 14.6 Å². The second-order valence-corrected chi connectivity index (χ2v) is 4.82. The molecule has 3 heterocycles. The number of aromatic nitrogens is 3. The van der Waals surface area contributed by atoms with Crippen molar-refractivity contribution in [1.29, 1.82) is 0 Å². The van der Waals surface area contributed by atoms with Crippen molar-refractivity contribution in [2.75, 3.05) is 5.32 Å². The maximum atomic E-state index is 13.1. The van der Waals surface area contributed by atoms with Gasteiger partial charge in [-0.15, -0.1) is 5.10 Å². The maximum Gasteiger partial charge on any atom is 0.243 e. The lowest BCUT2D eigenvalue weighted by molar-refractivity contribution is 0.499. The SMILES string of the molecule is Cc1cc(C(C)Nc2nc3ccc(F)cn3n2)c(C)o1. The Morgan fingerprint density at radius 1 is 1.35 bits per heavy atom. The van der Waals surface area contributed by atoms with Crippen molar-refractivity contribution in [3.8, 4) is 0 Å². The lowest BCUT2D eigenvalue weighted by Gasteiger charge is -2.10. The second-order valence-electron chi connectivity index (χ2n) is 4.82. The monoisotopic (exact) mass is 274 g/mol. The van der Waals surface area contributed by atoms with Crippen molar-refractivity contribution < 1.29 is 8.81 Å². The summed E-state index contributed by atoms with van der Waals surface area (Å²) >= 11 is 0. The molecule has 1 N–H and O–H groups in total. The highest BCUT2D eigenvalue weighted by atomic mass is 19.1. The number of pyridine rings is 1. The fraction of sp³-hybridized carbons (Fsp3) is 0.286. The quantitative estimate of drug-likeness (QED) is 0.796. The van der Waals surface area contributed by atoms with Gasteiger partial charge in [-0.2, -0.15) is 4.98 Å². The number of hydrogen-bond donors (Lipinski definition) is 1. The van der Waals surface area contributed by atoms with Crippen LogP contribution in [0.2, 0.25) is 0 Å². The number of rotatable bonds is 3. The third kappa shape index (κ3) is 2.24. The fourth-order valence-electron chi connectivity index (χ4n) is 2.27. The van der Waals surface area contributed by atoms with E-state index in [-0.39, 0.29) is 11.9 Å². The van der Waals surface area contributed by atoms with Gasteiger partial charge in [-0.1, -0.05) is 0 Å². The van der Waals surface area contributed by atoms with E-state index in [4.69, 9.17) is 4.42 Å². The van der Waals surface area contributed by atoms with Crippen LogP contribution in [0, 0.1) is 19.7 Å². The fourth-order valence-corrected chi connectivity index (χ4v) is 2.27. The zero-order chi connectivity index (χ0) is 14.3. The number of nitrogens with one attached hydrogen (secondary N) is 1. The van der Waals surface area contributed by atoms with Gasteiger partial charge in [0.25, 0.3) is 0 Å². The second kappa shape index (κ2) is 4.63. The van der Waals surface area contributed by atoms with Crippen molar-refractivity contribution in [3.05, 3.63) is 47.3 Å². The molecule has 3 aromatic rings. The molecule has 1 atom stereocenters. The molecule has 0 aliphatic rings. The number of fused-ring (bicyclic) bond motifs is 1. The molecule has 1 unspecified atom stereocenters. The summed E-state index contributed by atoms with van der Waals surface area (Å²) in [7, 11) is 0. The summed E-state index contributed by atoms with van der Waals surface area (Å²) in [6, 6.07) is 4.95. The zero-order valence-electron chi connectivity index (χ0n) is 11.5. The molecule has 0 spiro atoms. The summed E-state index contributed by atoms with van der Waals surface area (Å²) in [4.78, 5) is 4.30. The highest BCUT2D eigenvalue weighted by Gasteiger charge is 2.14. The molecule has 6 heteroatoms. The Kier molecular flexibility index (Phi) is 2.93. The highest BCUT2D eigenvalue weighted by molar-refractivity contribution is 5.44. The molecule has 0 aromatic carbocycles. The normalized spacial score (nSPS) is 12.8. The predicted octanol–water partition coefficient (Wildman–Crippen LogP) is 3.25. The molecule has 3 rings (SSSR count). The van der Waals surface area contributed by atoms with E-state index in [1.54, 1.807) is 6.07 Å². The average Bonchev–Trinajstić information content (AvgIpc) is 2.91. The minimum absolute atomic E-state index is 0.00899. The van der Waals surface area contributed by atoms with Crippen LogP contribution in [0.4, 0.5) is 10.3 Å². The first-order valence-electron chi connectivity index (χ1n) is 6.38.